The molecule has 0 saturated carbocycles. The molecule has 4 nitrogen and oxygen atoms in total. The predicted molar refractivity (Wildman–Crippen MR) is 96.1 cm³/mol. The molecule has 2 aromatic carbocycles. The van der Waals surface area contributed by atoms with Gasteiger partial charge in [-0.05, 0) is 30.0 Å². The SMILES string of the molecule is N=C(N)SC(CCc1ccc(-c2ccccc2Cl)cc1)C(=O)O. The molecule has 0 saturated heterocycles. The van der Waals surface area contributed by atoms with E-state index >= 15 is 0 Å². The third-order valence-corrected chi connectivity index (χ3v) is 4.68. The summed E-state index contributed by atoms with van der Waals surface area (Å²) in [5, 5.41) is 16.2. The van der Waals surface area contributed by atoms with Crippen LogP contribution in [0.4, 0.5) is 0 Å². The van der Waals surface area contributed by atoms with Gasteiger partial charge in [-0.2, -0.15) is 0 Å². The molecule has 0 aliphatic heterocycles. The number of amidine groups is 1. The van der Waals surface area contributed by atoms with Crippen molar-refractivity contribution in [1.29, 1.82) is 5.41 Å². The fraction of sp³-hybridized carbons (Fsp3) is 0.176. The van der Waals surface area contributed by atoms with Gasteiger partial charge in [0.05, 0.1) is 0 Å². The van der Waals surface area contributed by atoms with Crippen LogP contribution in [0.1, 0.15) is 12.0 Å². The second kappa shape index (κ2) is 8.04. The summed E-state index contributed by atoms with van der Waals surface area (Å²) >= 11 is 7.06. The van der Waals surface area contributed by atoms with Gasteiger partial charge in [0.15, 0.2) is 5.17 Å². The first-order valence-electron chi connectivity index (χ1n) is 7.04. The molecule has 0 aliphatic carbocycles. The molecule has 1 atom stereocenters. The highest BCUT2D eigenvalue weighted by Crippen LogP contribution is 2.28. The van der Waals surface area contributed by atoms with Crippen molar-refractivity contribution in [1.82, 2.24) is 0 Å². The standard InChI is InChI=1S/C17H17ClN2O2S/c18-14-4-2-1-3-13(14)12-8-5-11(6-9-12)7-10-15(16(21)22)23-17(19)20/h1-6,8-9,15H,7,10H2,(H3,19,20)(H,21,22). The second-order valence-electron chi connectivity index (χ2n) is 5.02. The Bertz CT molecular complexity index is 704. The summed E-state index contributed by atoms with van der Waals surface area (Å²) in [6, 6.07) is 15.5. The van der Waals surface area contributed by atoms with Gasteiger partial charge in [-0.1, -0.05) is 65.8 Å². The quantitative estimate of drug-likeness (QED) is 0.543. The van der Waals surface area contributed by atoms with Crippen LogP contribution in [-0.2, 0) is 11.2 Å². The lowest BCUT2D eigenvalue weighted by Gasteiger charge is -2.11. The zero-order chi connectivity index (χ0) is 16.8. The monoisotopic (exact) mass is 348 g/mol. The maximum Gasteiger partial charge on any atom is 0.317 e. The van der Waals surface area contributed by atoms with Gasteiger partial charge in [-0.25, -0.2) is 0 Å². The Hall–Kier alpha value is -1.98. The van der Waals surface area contributed by atoms with E-state index in [0.717, 1.165) is 28.5 Å². The Kier molecular flexibility index (Phi) is 6.07. The average molecular weight is 349 g/mol. The van der Waals surface area contributed by atoms with Gasteiger partial charge in [-0.3, -0.25) is 10.2 Å². The Morgan fingerprint density at radius 1 is 1.22 bits per heavy atom. The Balaban J connectivity index is 2.04. The van der Waals surface area contributed by atoms with E-state index in [-0.39, 0.29) is 5.17 Å². The highest BCUT2D eigenvalue weighted by atomic mass is 35.5. The number of nitrogens with one attached hydrogen (secondary N) is 1. The minimum Gasteiger partial charge on any atom is -0.480 e. The number of nitrogens with two attached hydrogens (primary N) is 1. The van der Waals surface area contributed by atoms with Crippen LogP contribution in [0, 0.1) is 5.41 Å². The van der Waals surface area contributed by atoms with Gasteiger partial charge < -0.3 is 10.8 Å². The Labute approximate surface area is 144 Å². The fourth-order valence-electron chi connectivity index (χ4n) is 2.23. The second-order valence-corrected chi connectivity index (χ2v) is 6.68. The molecule has 120 valence electrons. The van der Waals surface area contributed by atoms with E-state index < -0.39 is 11.2 Å². The predicted octanol–water partition coefficient (Wildman–Crippen LogP) is 4.02. The summed E-state index contributed by atoms with van der Waals surface area (Å²) in [4.78, 5) is 11.1. The zero-order valence-electron chi connectivity index (χ0n) is 12.3. The van der Waals surface area contributed by atoms with Crippen LogP contribution in [-0.4, -0.2) is 21.5 Å². The van der Waals surface area contributed by atoms with Gasteiger partial charge >= 0.3 is 5.97 Å². The molecule has 0 spiro atoms. The number of hydrogen-bond donors (Lipinski definition) is 3. The zero-order valence-corrected chi connectivity index (χ0v) is 13.9. The van der Waals surface area contributed by atoms with Gasteiger partial charge in [0, 0.05) is 10.6 Å². The van der Waals surface area contributed by atoms with Crippen LogP contribution >= 0.6 is 23.4 Å². The Morgan fingerprint density at radius 2 is 1.87 bits per heavy atom. The third-order valence-electron chi connectivity index (χ3n) is 3.38. The molecule has 6 heteroatoms. The van der Waals surface area contributed by atoms with Crippen molar-refractivity contribution in [2.24, 2.45) is 5.73 Å². The van der Waals surface area contributed by atoms with E-state index in [1.807, 2.05) is 48.5 Å². The normalized spacial score (nSPS) is 11.9. The van der Waals surface area contributed by atoms with Crippen molar-refractivity contribution in [2.45, 2.75) is 18.1 Å². The molecule has 0 radical (unpaired) electrons. The molecule has 0 aliphatic rings. The van der Waals surface area contributed by atoms with Crippen molar-refractivity contribution >= 4 is 34.5 Å². The average Bonchev–Trinajstić information content (AvgIpc) is 2.52. The molecule has 23 heavy (non-hydrogen) atoms. The number of halogens is 1. The molecule has 4 N–H and O–H groups in total. The van der Waals surface area contributed by atoms with Crippen molar-refractivity contribution in [3.63, 3.8) is 0 Å². The number of benzene rings is 2. The smallest absolute Gasteiger partial charge is 0.317 e. The number of aliphatic carboxylic acids is 1. The van der Waals surface area contributed by atoms with Gasteiger partial charge in [0.2, 0.25) is 0 Å². The largest absolute Gasteiger partial charge is 0.480 e. The molecule has 1 unspecified atom stereocenters. The van der Waals surface area contributed by atoms with Gasteiger partial charge in [0.25, 0.3) is 0 Å². The first-order valence-corrected chi connectivity index (χ1v) is 8.30. The number of carbonyl (C=O) groups is 1. The number of thioether (sulfide) groups is 1. The van der Waals surface area contributed by atoms with Crippen molar-refractivity contribution in [3.8, 4) is 11.1 Å². The van der Waals surface area contributed by atoms with Crippen LogP contribution in [0.5, 0.6) is 0 Å². The minimum absolute atomic E-state index is 0.175. The molecule has 2 rings (SSSR count). The number of aryl methyl sites for hydroxylation is 1. The van der Waals surface area contributed by atoms with Crippen molar-refractivity contribution < 1.29 is 9.90 Å². The van der Waals surface area contributed by atoms with E-state index in [1.54, 1.807) is 0 Å². The summed E-state index contributed by atoms with van der Waals surface area (Å²) in [6.45, 7) is 0. The molecule has 0 bridgehead atoms. The number of carboxylic acid groups (broad SMARTS) is 1. The lowest BCUT2D eigenvalue weighted by atomic mass is 10.0. The highest BCUT2D eigenvalue weighted by molar-refractivity contribution is 8.14. The summed E-state index contributed by atoms with van der Waals surface area (Å²) in [6.07, 6.45) is 1.03. The lowest BCUT2D eigenvalue weighted by molar-refractivity contribution is -0.136. The maximum atomic E-state index is 11.1. The topological polar surface area (TPSA) is 87.2 Å². The number of hydrogen-bond acceptors (Lipinski definition) is 3. The van der Waals surface area contributed by atoms with Crippen molar-refractivity contribution in [3.05, 3.63) is 59.1 Å². The Morgan fingerprint density at radius 3 is 2.43 bits per heavy atom. The first kappa shape index (κ1) is 17.4. The van der Waals surface area contributed by atoms with Crippen LogP contribution in [0.2, 0.25) is 5.02 Å². The highest BCUT2D eigenvalue weighted by Gasteiger charge is 2.19. The minimum atomic E-state index is -0.946. The molecule has 0 amide bonds. The van der Waals surface area contributed by atoms with E-state index in [0.29, 0.717) is 17.9 Å². The third kappa shape index (κ3) is 5.01. The van der Waals surface area contributed by atoms with E-state index in [2.05, 4.69) is 0 Å². The van der Waals surface area contributed by atoms with E-state index in [4.69, 9.17) is 27.9 Å². The fourth-order valence-corrected chi connectivity index (χ4v) is 3.12. The summed E-state index contributed by atoms with van der Waals surface area (Å²) in [7, 11) is 0. The van der Waals surface area contributed by atoms with Crippen LogP contribution in [0.25, 0.3) is 11.1 Å². The molecular formula is C17H17ClN2O2S. The summed E-state index contributed by atoms with van der Waals surface area (Å²) < 4.78 is 0. The number of rotatable bonds is 6. The van der Waals surface area contributed by atoms with Gasteiger partial charge in [-0.15, -0.1) is 0 Å². The van der Waals surface area contributed by atoms with E-state index in [1.165, 1.54) is 0 Å². The van der Waals surface area contributed by atoms with Gasteiger partial charge in [0.1, 0.15) is 5.25 Å². The number of carboxylic acids is 1. The molecular weight excluding hydrogens is 332 g/mol. The summed E-state index contributed by atoms with van der Waals surface area (Å²) in [5.74, 6) is -0.946. The summed E-state index contributed by atoms with van der Waals surface area (Å²) in [5.41, 5.74) is 8.30. The molecule has 0 heterocycles. The van der Waals surface area contributed by atoms with Crippen LogP contribution < -0.4 is 5.73 Å². The maximum absolute atomic E-state index is 11.1. The van der Waals surface area contributed by atoms with Crippen molar-refractivity contribution in [2.75, 3.05) is 0 Å². The molecule has 0 fully saturated rings. The van der Waals surface area contributed by atoms with E-state index in [9.17, 15) is 4.79 Å². The lowest BCUT2D eigenvalue weighted by Crippen LogP contribution is -2.21. The van der Waals surface area contributed by atoms with Crippen LogP contribution in [0.15, 0.2) is 48.5 Å². The first-order chi connectivity index (χ1) is 11.0. The van der Waals surface area contributed by atoms with Crippen LogP contribution in [0.3, 0.4) is 0 Å². The molecule has 2 aromatic rings. The molecule has 0 aromatic heterocycles.